The van der Waals surface area contributed by atoms with Gasteiger partial charge in [0.25, 0.3) is 0 Å². The van der Waals surface area contributed by atoms with Gasteiger partial charge in [-0.25, -0.2) is 4.79 Å². The van der Waals surface area contributed by atoms with E-state index in [1.165, 1.54) is 12.8 Å². The molecule has 2 aliphatic rings. The first kappa shape index (κ1) is 24.5. The van der Waals surface area contributed by atoms with E-state index in [9.17, 15) is 9.59 Å². The van der Waals surface area contributed by atoms with Crippen LogP contribution in [0.1, 0.15) is 31.2 Å². The molecule has 2 aromatic rings. The van der Waals surface area contributed by atoms with Gasteiger partial charge in [-0.1, -0.05) is 23.9 Å². The zero-order valence-corrected chi connectivity index (χ0v) is 20.8. The number of piperidine rings is 1. The number of methoxy groups -OCH3 is 1. The van der Waals surface area contributed by atoms with Crippen molar-refractivity contribution in [3.63, 3.8) is 0 Å². The van der Waals surface area contributed by atoms with Crippen LogP contribution in [0.3, 0.4) is 0 Å². The number of benzene rings is 1. The molecule has 1 aromatic carbocycles. The van der Waals surface area contributed by atoms with Crippen molar-refractivity contribution in [1.82, 2.24) is 25.0 Å². The van der Waals surface area contributed by atoms with Gasteiger partial charge in [0.2, 0.25) is 5.91 Å². The van der Waals surface area contributed by atoms with Crippen LogP contribution in [0.4, 0.5) is 5.69 Å². The van der Waals surface area contributed by atoms with Gasteiger partial charge in [0.1, 0.15) is 12.4 Å². The van der Waals surface area contributed by atoms with E-state index in [0.29, 0.717) is 25.4 Å². The van der Waals surface area contributed by atoms with Crippen LogP contribution in [0.2, 0.25) is 0 Å². The first-order valence-corrected chi connectivity index (χ1v) is 12.9. The summed E-state index contributed by atoms with van der Waals surface area (Å²) in [6.45, 7) is 3.61. The molecule has 10 heteroatoms. The van der Waals surface area contributed by atoms with E-state index < -0.39 is 6.04 Å². The lowest BCUT2D eigenvalue weighted by atomic mass is 10.0. The molecule has 0 saturated carbocycles. The molecule has 1 atom stereocenters. The third kappa shape index (κ3) is 6.09. The quantitative estimate of drug-likeness (QED) is 0.326. The molecule has 2 saturated heterocycles. The van der Waals surface area contributed by atoms with Crippen LogP contribution in [0.25, 0.3) is 0 Å². The molecule has 2 aliphatic heterocycles. The van der Waals surface area contributed by atoms with Gasteiger partial charge in [-0.3, -0.25) is 4.79 Å². The second kappa shape index (κ2) is 11.7. The largest absolute Gasteiger partial charge is 0.467 e. The summed E-state index contributed by atoms with van der Waals surface area (Å²) in [4.78, 5) is 28.8. The lowest BCUT2D eigenvalue weighted by Gasteiger charge is -2.34. The highest BCUT2D eigenvalue weighted by Crippen LogP contribution is 2.23. The smallest absolute Gasteiger partial charge is 0.328 e. The number of rotatable bonds is 9. The number of aromatic nitrogens is 3. The highest BCUT2D eigenvalue weighted by Gasteiger charge is 2.34. The number of esters is 1. The van der Waals surface area contributed by atoms with Gasteiger partial charge < -0.3 is 24.4 Å². The standard InChI is InChI=1S/C24H34N6O3S/c1-28-17-26-27-24(28)34-15-11-25-19-9-13-29(14-10-19)20-7-5-18(6-8-20)16-22(31)30-12-3-4-21(30)23(32)33-2/h5-8,17,19,21,25H,3-4,9-16H2,1-2H3/t21-/m0/s1. The predicted octanol–water partition coefficient (Wildman–Crippen LogP) is 1.87. The van der Waals surface area contributed by atoms with Crippen molar-refractivity contribution in [1.29, 1.82) is 0 Å². The molecule has 0 unspecified atom stereocenters. The third-order valence-electron chi connectivity index (χ3n) is 6.63. The average Bonchev–Trinajstić information content (AvgIpc) is 3.51. The van der Waals surface area contributed by atoms with Crippen LogP contribution in [0, 0.1) is 0 Å². The summed E-state index contributed by atoms with van der Waals surface area (Å²) < 4.78 is 6.79. The number of nitrogens with zero attached hydrogens (tertiary/aromatic N) is 5. The molecule has 4 rings (SSSR count). The number of anilines is 1. The molecule has 1 aromatic heterocycles. The zero-order valence-electron chi connectivity index (χ0n) is 20.0. The molecule has 3 heterocycles. The van der Waals surface area contributed by atoms with Crippen LogP contribution in [0.15, 0.2) is 35.7 Å². The summed E-state index contributed by atoms with van der Waals surface area (Å²) in [5.74, 6) is 0.651. The lowest BCUT2D eigenvalue weighted by Crippen LogP contribution is -2.43. The molecular weight excluding hydrogens is 452 g/mol. The molecule has 0 spiro atoms. The molecule has 1 amide bonds. The number of hydrogen-bond donors (Lipinski definition) is 1. The van der Waals surface area contributed by atoms with Crippen LogP contribution in [-0.2, 0) is 27.8 Å². The monoisotopic (exact) mass is 486 g/mol. The summed E-state index contributed by atoms with van der Waals surface area (Å²) in [5.41, 5.74) is 2.17. The molecule has 0 bridgehead atoms. The Labute approximate surface area is 205 Å². The summed E-state index contributed by atoms with van der Waals surface area (Å²) in [7, 11) is 3.34. The topological polar surface area (TPSA) is 92.6 Å². The number of amides is 1. The van der Waals surface area contributed by atoms with Gasteiger partial charge in [-0.2, -0.15) is 0 Å². The van der Waals surface area contributed by atoms with Gasteiger partial charge in [0.15, 0.2) is 5.16 Å². The fourth-order valence-electron chi connectivity index (χ4n) is 4.70. The fourth-order valence-corrected chi connectivity index (χ4v) is 5.46. The SMILES string of the molecule is COC(=O)[C@@H]1CCCN1C(=O)Cc1ccc(N2CCC(NCCSc3nncn3C)CC2)cc1. The molecule has 34 heavy (non-hydrogen) atoms. The van der Waals surface area contributed by atoms with E-state index in [0.717, 1.165) is 55.4 Å². The summed E-state index contributed by atoms with van der Waals surface area (Å²) in [6, 6.07) is 8.38. The van der Waals surface area contributed by atoms with Crippen LogP contribution >= 0.6 is 11.8 Å². The zero-order chi connectivity index (χ0) is 23.9. The molecule has 0 radical (unpaired) electrons. The van der Waals surface area contributed by atoms with Crippen molar-refractivity contribution < 1.29 is 14.3 Å². The summed E-state index contributed by atoms with van der Waals surface area (Å²) in [5, 5.41) is 12.6. The van der Waals surface area contributed by atoms with Crippen molar-refractivity contribution in [2.24, 2.45) is 7.05 Å². The second-order valence-electron chi connectivity index (χ2n) is 8.90. The summed E-state index contributed by atoms with van der Waals surface area (Å²) in [6.07, 6.45) is 5.78. The first-order valence-electron chi connectivity index (χ1n) is 12.0. The van der Waals surface area contributed by atoms with E-state index in [1.54, 1.807) is 23.0 Å². The van der Waals surface area contributed by atoms with Gasteiger partial charge in [-0.05, 0) is 43.4 Å². The van der Waals surface area contributed by atoms with Crippen LogP contribution in [-0.4, -0.2) is 82.7 Å². The van der Waals surface area contributed by atoms with E-state index in [2.05, 4.69) is 32.5 Å². The number of likely N-dealkylation sites (tertiary alicyclic amines) is 1. The third-order valence-corrected chi connectivity index (χ3v) is 7.67. The van der Waals surface area contributed by atoms with Crippen molar-refractivity contribution in [3.05, 3.63) is 36.2 Å². The number of carbonyl (C=O) groups excluding carboxylic acids is 2. The maximum absolute atomic E-state index is 12.8. The Hall–Kier alpha value is -2.59. The number of hydrogen-bond acceptors (Lipinski definition) is 8. The number of thioether (sulfide) groups is 1. The minimum absolute atomic E-state index is 0.00937. The average molecular weight is 487 g/mol. The number of ether oxygens (including phenoxy) is 1. The Morgan fingerprint density at radius 3 is 2.59 bits per heavy atom. The van der Waals surface area contributed by atoms with Crippen LogP contribution < -0.4 is 10.2 Å². The Balaban J connectivity index is 1.19. The number of nitrogens with one attached hydrogen (secondary N) is 1. The molecule has 2 fully saturated rings. The first-order chi connectivity index (χ1) is 16.5. The van der Waals surface area contributed by atoms with Crippen molar-refractivity contribution in [2.45, 2.75) is 49.3 Å². The molecular formula is C24H34N6O3S. The molecule has 0 aliphatic carbocycles. The van der Waals surface area contributed by atoms with E-state index in [1.807, 2.05) is 23.7 Å². The minimum Gasteiger partial charge on any atom is -0.467 e. The number of carbonyl (C=O) groups is 2. The Bertz CT molecular complexity index is 958. The van der Waals surface area contributed by atoms with E-state index >= 15 is 0 Å². The minimum atomic E-state index is -0.433. The normalized spacial score (nSPS) is 18.9. The van der Waals surface area contributed by atoms with Crippen molar-refractivity contribution in [3.8, 4) is 0 Å². The Morgan fingerprint density at radius 2 is 1.91 bits per heavy atom. The fraction of sp³-hybridized carbons (Fsp3) is 0.583. The Morgan fingerprint density at radius 1 is 1.15 bits per heavy atom. The van der Waals surface area contributed by atoms with Gasteiger partial charge in [-0.15, -0.1) is 10.2 Å². The predicted molar refractivity (Wildman–Crippen MR) is 132 cm³/mol. The maximum atomic E-state index is 12.8. The Kier molecular flexibility index (Phi) is 8.44. The van der Waals surface area contributed by atoms with E-state index in [4.69, 9.17) is 4.74 Å². The lowest BCUT2D eigenvalue weighted by molar-refractivity contribution is -0.150. The highest BCUT2D eigenvalue weighted by molar-refractivity contribution is 7.99. The molecule has 9 nitrogen and oxygen atoms in total. The van der Waals surface area contributed by atoms with Crippen molar-refractivity contribution >= 4 is 29.3 Å². The highest BCUT2D eigenvalue weighted by atomic mass is 32.2. The number of aryl methyl sites for hydroxylation is 1. The van der Waals surface area contributed by atoms with Crippen molar-refractivity contribution in [2.75, 3.05) is 43.9 Å². The van der Waals surface area contributed by atoms with Gasteiger partial charge >= 0.3 is 5.97 Å². The molecule has 184 valence electrons. The van der Waals surface area contributed by atoms with Gasteiger partial charge in [0.05, 0.1) is 13.5 Å². The van der Waals surface area contributed by atoms with Gasteiger partial charge in [0, 0.05) is 50.7 Å². The molecule has 1 N–H and O–H groups in total. The van der Waals surface area contributed by atoms with E-state index in [-0.39, 0.29) is 11.9 Å². The summed E-state index contributed by atoms with van der Waals surface area (Å²) >= 11 is 1.72. The van der Waals surface area contributed by atoms with Crippen LogP contribution in [0.5, 0.6) is 0 Å². The maximum Gasteiger partial charge on any atom is 0.328 e. The second-order valence-corrected chi connectivity index (χ2v) is 9.96.